The van der Waals surface area contributed by atoms with Gasteiger partial charge in [-0.3, -0.25) is 4.79 Å². The highest BCUT2D eigenvalue weighted by Gasteiger charge is 2.17. The van der Waals surface area contributed by atoms with Gasteiger partial charge in [-0.05, 0) is 20.3 Å². The fraction of sp³-hybridized carbons (Fsp3) is 0.933. The fourth-order valence-corrected chi connectivity index (χ4v) is 1.43. The van der Waals surface area contributed by atoms with Gasteiger partial charge in [-0.25, -0.2) is 0 Å². The van der Waals surface area contributed by atoms with Crippen LogP contribution in [-0.2, 0) is 23.7 Å². The number of carbonyl (C=O) groups excluding carboxylic acids is 1. The summed E-state index contributed by atoms with van der Waals surface area (Å²) in [5.41, 5.74) is 5.18. The molecule has 0 saturated carbocycles. The molecule has 0 aliphatic heterocycles. The number of nitrogens with two attached hydrogens (primary N) is 1. The molecule has 0 saturated heterocycles. The highest BCUT2D eigenvalue weighted by Crippen LogP contribution is 2.04. The summed E-state index contributed by atoms with van der Waals surface area (Å²) >= 11 is 0. The molecule has 0 atom stereocenters. The van der Waals surface area contributed by atoms with Gasteiger partial charge in [0.1, 0.15) is 6.61 Å². The second kappa shape index (κ2) is 13.0. The lowest BCUT2D eigenvalue weighted by Crippen LogP contribution is -2.35. The van der Waals surface area contributed by atoms with Crippen molar-refractivity contribution in [2.75, 3.05) is 46.2 Å². The van der Waals surface area contributed by atoms with E-state index < -0.39 is 5.54 Å². The van der Waals surface area contributed by atoms with Gasteiger partial charge in [0.05, 0.1) is 39.5 Å². The van der Waals surface area contributed by atoms with Crippen LogP contribution in [0.15, 0.2) is 0 Å². The van der Waals surface area contributed by atoms with Crippen molar-refractivity contribution in [3.05, 3.63) is 0 Å². The van der Waals surface area contributed by atoms with Gasteiger partial charge in [0.2, 0.25) is 0 Å². The maximum Gasteiger partial charge on any atom is 0.307 e. The van der Waals surface area contributed by atoms with E-state index in [0.717, 1.165) is 19.4 Å². The fourth-order valence-electron chi connectivity index (χ4n) is 1.43. The Balaban J connectivity index is 3.17. The lowest BCUT2D eigenvalue weighted by atomic mass is 10.0. The Morgan fingerprint density at radius 1 is 0.905 bits per heavy atom. The number of esters is 1. The summed E-state index contributed by atoms with van der Waals surface area (Å²) in [4.78, 5) is 11.3. The minimum atomic E-state index is -0.537. The van der Waals surface area contributed by atoms with E-state index in [9.17, 15) is 4.79 Å². The van der Waals surface area contributed by atoms with Crippen LogP contribution in [0.5, 0.6) is 0 Å². The maximum absolute atomic E-state index is 11.3. The zero-order valence-electron chi connectivity index (χ0n) is 13.7. The number of hydrogen-bond acceptors (Lipinski definition) is 6. The third-order valence-electron chi connectivity index (χ3n) is 2.48. The van der Waals surface area contributed by atoms with Crippen molar-refractivity contribution in [3.63, 3.8) is 0 Å². The Hall–Kier alpha value is -0.690. The predicted octanol–water partition coefficient (Wildman–Crippen LogP) is 1.51. The van der Waals surface area contributed by atoms with Crippen LogP contribution in [-0.4, -0.2) is 57.8 Å². The number of hydrogen-bond donors (Lipinski definition) is 1. The SMILES string of the molecule is CCCCOCCOCCOCCOC(=O)CC(C)(C)N. The van der Waals surface area contributed by atoms with E-state index in [1.165, 1.54) is 0 Å². The minimum absolute atomic E-state index is 0.203. The van der Waals surface area contributed by atoms with Gasteiger partial charge in [-0.2, -0.15) is 0 Å². The molecule has 6 nitrogen and oxygen atoms in total. The number of carbonyl (C=O) groups is 1. The maximum atomic E-state index is 11.3. The van der Waals surface area contributed by atoms with Crippen LogP contribution < -0.4 is 5.73 Å². The smallest absolute Gasteiger partial charge is 0.307 e. The third-order valence-corrected chi connectivity index (χ3v) is 2.48. The first-order chi connectivity index (χ1) is 9.95. The zero-order chi connectivity index (χ0) is 16.0. The van der Waals surface area contributed by atoms with E-state index in [1.807, 2.05) is 0 Å². The highest BCUT2D eigenvalue weighted by atomic mass is 16.6. The van der Waals surface area contributed by atoms with Gasteiger partial charge in [0, 0.05) is 12.1 Å². The average molecular weight is 305 g/mol. The van der Waals surface area contributed by atoms with Gasteiger partial charge in [0.25, 0.3) is 0 Å². The molecule has 0 aliphatic rings. The Kier molecular flexibility index (Phi) is 12.6. The van der Waals surface area contributed by atoms with E-state index in [2.05, 4.69) is 6.92 Å². The topological polar surface area (TPSA) is 80.0 Å². The van der Waals surface area contributed by atoms with E-state index >= 15 is 0 Å². The van der Waals surface area contributed by atoms with Crippen molar-refractivity contribution in [3.8, 4) is 0 Å². The summed E-state index contributed by atoms with van der Waals surface area (Å²) in [6.07, 6.45) is 2.43. The monoisotopic (exact) mass is 305 g/mol. The molecule has 0 amide bonds. The predicted molar refractivity (Wildman–Crippen MR) is 81.2 cm³/mol. The molecular formula is C15H31NO5. The molecule has 2 N–H and O–H groups in total. The number of ether oxygens (including phenoxy) is 4. The molecule has 21 heavy (non-hydrogen) atoms. The summed E-state index contributed by atoms with van der Waals surface area (Å²) in [6.45, 7) is 9.30. The molecular weight excluding hydrogens is 274 g/mol. The first-order valence-electron chi connectivity index (χ1n) is 7.63. The molecule has 0 unspecified atom stereocenters. The van der Waals surface area contributed by atoms with E-state index in [0.29, 0.717) is 33.0 Å². The molecule has 0 spiro atoms. The Bertz CT molecular complexity index is 253. The largest absolute Gasteiger partial charge is 0.463 e. The van der Waals surface area contributed by atoms with Crippen LogP contribution >= 0.6 is 0 Å². The van der Waals surface area contributed by atoms with Gasteiger partial charge < -0.3 is 24.7 Å². The first-order valence-corrected chi connectivity index (χ1v) is 7.63. The summed E-state index contributed by atoms with van der Waals surface area (Å²) in [5.74, 6) is -0.299. The second-order valence-electron chi connectivity index (χ2n) is 5.58. The van der Waals surface area contributed by atoms with E-state index in [-0.39, 0.29) is 19.0 Å². The number of rotatable bonds is 14. The molecule has 6 heteroatoms. The summed E-state index contributed by atoms with van der Waals surface area (Å²) in [7, 11) is 0. The number of unbranched alkanes of at least 4 members (excludes halogenated alkanes) is 1. The van der Waals surface area contributed by atoms with Crippen LogP contribution in [0, 0.1) is 0 Å². The van der Waals surface area contributed by atoms with Gasteiger partial charge in [-0.15, -0.1) is 0 Å². The van der Waals surface area contributed by atoms with Crippen LogP contribution in [0.1, 0.15) is 40.0 Å². The molecule has 126 valence electrons. The third kappa shape index (κ3) is 17.3. The Morgan fingerprint density at radius 2 is 1.38 bits per heavy atom. The molecule has 0 aromatic heterocycles. The first kappa shape index (κ1) is 20.3. The van der Waals surface area contributed by atoms with Crippen LogP contribution in [0.2, 0.25) is 0 Å². The Morgan fingerprint density at radius 3 is 1.86 bits per heavy atom. The summed E-state index contributed by atoms with van der Waals surface area (Å²) in [6, 6.07) is 0. The second-order valence-corrected chi connectivity index (χ2v) is 5.58. The highest BCUT2D eigenvalue weighted by molar-refractivity contribution is 5.70. The van der Waals surface area contributed by atoms with Crippen molar-refractivity contribution >= 4 is 5.97 Å². The quantitative estimate of drug-likeness (QED) is 0.387. The molecule has 0 aliphatic carbocycles. The van der Waals surface area contributed by atoms with Crippen molar-refractivity contribution in [1.82, 2.24) is 0 Å². The van der Waals surface area contributed by atoms with Crippen LogP contribution in [0.3, 0.4) is 0 Å². The average Bonchev–Trinajstić information content (AvgIpc) is 2.38. The molecule has 0 rings (SSSR count). The van der Waals surface area contributed by atoms with E-state index in [1.54, 1.807) is 13.8 Å². The van der Waals surface area contributed by atoms with Crippen molar-refractivity contribution in [2.24, 2.45) is 5.73 Å². The van der Waals surface area contributed by atoms with Gasteiger partial charge in [0.15, 0.2) is 0 Å². The van der Waals surface area contributed by atoms with Crippen molar-refractivity contribution in [1.29, 1.82) is 0 Å². The molecule has 0 bridgehead atoms. The van der Waals surface area contributed by atoms with Crippen LogP contribution in [0.25, 0.3) is 0 Å². The van der Waals surface area contributed by atoms with Crippen molar-refractivity contribution < 1.29 is 23.7 Å². The molecule has 0 aromatic carbocycles. The molecule has 0 radical (unpaired) electrons. The van der Waals surface area contributed by atoms with Crippen LogP contribution in [0.4, 0.5) is 0 Å². The summed E-state index contributed by atoms with van der Waals surface area (Å²) < 4.78 is 21.0. The van der Waals surface area contributed by atoms with E-state index in [4.69, 9.17) is 24.7 Å². The molecule has 0 aromatic rings. The standard InChI is InChI=1S/C15H31NO5/c1-4-5-6-18-7-8-19-9-10-20-11-12-21-14(17)13-15(2,3)16/h4-13,16H2,1-3H3. The molecule has 0 heterocycles. The van der Waals surface area contributed by atoms with Gasteiger partial charge in [-0.1, -0.05) is 13.3 Å². The van der Waals surface area contributed by atoms with Crippen molar-refractivity contribution in [2.45, 2.75) is 45.6 Å². The molecule has 0 fully saturated rings. The minimum Gasteiger partial charge on any atom is -0.463 e. The van der Waals surface area contributed by atoms with Gasteiger partial charge >= 0.3 is 5.97 Å². The lowest BCUT2D eigenvalue weighted by molar-refractivity contribution is -0.146. The lowest BCUT2D eigenvalue weighted by Gasteiger charge is -2.16. The zero-order valence-corrected chi connectivity index (χ0v) is 13.7. The summed E-state index contributed by atoms with van der Waals surface area (Å²) in [5, 5.41) is 0. The Labute approximate surface area is 128 Å². The normalized spacial score (nSPS) is 11.6.